The minimum absolute atomic E-state index is 0.849. The minimum Gasteiger partial charge on any atom is -0.451 e. The fraction of sp³-hybridized carbons (Fsp3) is 0. The fourth-order valence-corrected chi connectivity index (χ4v) is 0.908. The summed E-state index contributed by atoms with van der Waals surface area (Å²) in [5.41, 5.74) is 1.88. The second kappa shape index (κ2) is 2.58. The van der Waals surface area contributed by atoms with Crippen LogP contribution >= 0.6 is 0 Å². The van der Waals surface area contributed by atoms with Gasteiger partial charge in [0.2, 0.25) is 0 Å². The summed E-state index contributed by atoms with van der Waals surface area (Å²) in [6.07, 6.45) is 3.03. The summed E-state index contributed by atoms with van der Waals surface area (Å²) in [6, 6.07) is 10.6. The van der Waals surface area contributed by atoms with Crippen molar-refractivity contribution in [1.29, 1.82) is 0 Å². The summed E-state index contributed by atoms with van der Waals surface area (Å²) < 4.78 is 4.84. The van der Waals surface area contributed by atoms with E-state index in [4.69, 9.17) is 4.42 Å². The molecule has 0 N–H and O–H groups in total. The number of aromatic nitrogens is 1. The van der Waals surface area contributed by atoms with E-state index in [0.29, 0.717) is 0 Å². The Morgan fingerprint density at radius 2 is 2.45 bits per heavy atom. The molecule has 0 amide bonds. The Balaban J connectivity index is 2.46. The molecule has 0 saturated heterocycles. The number of hydrogen-bond acceptors (Lipinski definition) is 2. The summed E-state index contributed by atoms with van der Waals surface area (Å²) in [5, 5.41) is 0. The van der Waals surface area contributed by atoms with Crippen molar-refractivity contribution in [2.75, 3.05) is 0 Å². The zero-order valence-electron chi connectivity index (χ0n) is 5.82. The van der Waals surface area contributed by atoms with Crippen LogP contribution in [-0.2, 0) is 0 Å². The van der Waals surface area contributed by atoms with E-state index < -0.39 is 0 Å². The smallest absolute Gasteiger partial charge is 0.181 e. The van der Waals surface area contributed by atoms with Crippen molar-refractivity contribution in [3.63, 3.8) is 0 Å². The van der Waals surface area contributed by atoms with Crippen LogP contribution in [-0.4, -0.2) is 4.98 Å². The molecular weight excluding hydrogens is 138 g/mol. The predicted molar refractivity (Wildman–Crippen MR) is 40.8 cm³/mol. The second-order valence-electron chi connectivity index (χ2n) is 2.17. The lowest BCUT2D eigenvalue weighted by atomic mass is 10.2. The van der Waals surface area contributed by atoms with Gasteiger partial charge in [-0.15, -0.1) is 0 Å². The van der Waals surface area contributed by atoms with Crippen LogP contribution in [0.5, 0.6) is 0 Å². The van der Waals surface area contributed by atoms with Crippen LogP contribution in [0.4, 0.5) is 0 Å². The summed E-state index contributed by atoms with van der Waals surface area (Å²) in [6.45, 7) is 0. The average molecular weight is 144 g/mol. The third kappa shape index (κ3) is 1.15. The molecule has 1 radical (unpaired) electrons. The van der Waals surface area contributed by atoms with Gasteiger partial charge < -0.3 is 4.42 Å². The maximum Gasteiger partial charge on any atom is 0.181 e. The van der Waals surface area contributed by atoms with E-state index in [0.717, 1.165) is 11.3 Å². The molecule has 2 heteroatoms. The quantitative estimate of drug-likeness (QED) is 0.612. The molecule has 0 spiro atoms. The van der Waals surface area contributed by atoms with Crippen LogP contribution in [0.2, 0.25) is 0 Å². The van der Waals surface area contributed by atoms with Crippen molar-refractivity contribution in [1.82, 2.24) is 4.98 Å². The molecule has 0 saturated carbocycles. The predicted octanol–water partition coefficient (Wildman–Crippen LogP) is 2.14. The molecule has 1 heterocycles. The third-order valence-electron chi connectivity index (χ3n) is 1.44. The molecule has 1 aromatic heterocycles. The lowest BCUT2D eigenvalue weighted by Crippen LogP contribution is -1.73. The molecule has 1 aromatic carbocycles. The molecule has 11 heavy (non-hydrogen) atoms. The van der Waals surface area contributed by atoms with Gasteiger partial charge in [-0.2, -0.15) is 0 Å². The first-order valence-corrected chi connectivity index (χ1v) is 3.31. The van der Waals surface area contributed by atoms with Crippen LogP contribution in [0.25, 0.3) is 11.3 Å². The van der Waals surface area contributed by atoms with E-state index in [1.54, 1.807) is 6.26 Å². The van der Waals surface area contributed by atoms with Gasteiger partial charge in [0, 0.05) is 5.56 Å². The molecule has 0 atom stereocenters. The molecule has 0 bridgehead atoms. The minimum atomic E-state index is 0.849. The van der Waals surface area contributed by atoms with Gasteiger partial charge >= 0.3 is 0 Å². The van der Waals surface area contributed by atoms with E-state index in [1.165, 1.54) is 6.39 Å². The highest BCUT2D eigenvalue weighted by molar-refractivity contribution is 5.56. The third-order valence-corrected chi connectivity index (χ3v) is 1.44. The Labute approximate surface area is 64.5 Å². The summed E-state index contributed by atoms with van der Waals surface area (Å²) in [4.78, 5) is 4.00. The molecule has 2 aromatic rings. The summed E-state index contributed by atoms with van der Waals surface area (Å²) in [5.74, 6) is 0. The average Bonchev–Trinajstić information content (AvgIpc) is 2.58. The SMILES string of the molecule is [c]1cccc(-c2cocn2)c1. The Morgan fingerprint density at radius 1 is 1.45 bits per heavy atom. The molecular formula is C9H6NO. The number of oxazole rings is 1. The molecule has 53 valence electrons. The fourth-order valence-electron chi connectivity index (χ4n) is 0.908. The second-order valence-corrected chi connectivity index (χ2v) is 2.17. The van der Waals surface area contributed by atoms with Gasteiger partial charge in [0.1, 0.15) is 12.0 Å². The Kier molecular flexibility index (Phi) is 1.44. The van der Waals surface area contributed by atoms with Crippen LogP contribution in [0, 0.1) is 6.07 Å². The highest BCUT2D eigenvalue weighted by Gasteiger charge is 1.96. The number of benzene rings is 1. The molecule has 0 aliphatic rings. The van der Waals surface area contributed by atoms with Crippen molar-refractivity contribution >= 4 is 0 Å². The monoisotopic (exact) mass is 144 g/mol. The van der Waals surface area contributed by atoms with Gasteiger partial charge in [0.15, 0.2) is 6.39 Å². The normalized spacial score (nSPS) is 9.82. The van der Waals surface area contributed by atoms with Gasteiger partial charge in [-0.05, 0) is 12.1 Å². The van der Waals surface area contributed by atoms with Crippen LogP contribution in [0.3, 0.4) is 0 Å². The summed E-state index contributed by atoms with van der Waals surface area (Å²) in [7, 11) is 0. The summed E-state index contributed by atoms with van der Waals surface area (Å²) >= 11 is 0. The first-order valence-electron chi connectivity index (χ1n) is 3.31. The van der Waals surface area contributed by atoms with Crippen LogP contribution < -0.4 is 0 Å². The highest BCUT2D eigenvalue weighted by Crippen LogP contribution is 2.14. The largest absolute Gasteiger partial charge is 0.451 e. The van der Waals surface area contributed by atoms with E-state index >= 15 is 0 Å². The molecule has 2 rings (SSSR count). The zero-order chi connectivity index (χ0) is 7.52. The molecule has 0 fully saturated rings. The molecule has 0 aliphatic carbocycles. The van der Waals surface area contributed by atoms with Gasteiger partial charge in [0.05, 0.1) is 0 Å². The van der Waals surface area contributed by atoms with Crippen molar-refractivity contribution in [2.24, 2.45) is 0 Å². The lowest BCUT2D eigenvalue weighted by Gasteiger charge is -1.90. The Bertz CT molecular complexity index is 313. The van der Waals surface area contributed by atoms with E-state index in [2.05, 4.69) is 11.1 Å². The topological polar surface area (TPSA) is 26.0 Å². The van der Waals surface area contributed by atoms with E-state index in [-0.39, 0.29) is 0 Å². The Morgan fingerprint density at radius 3 is 3.09 bits per heavy atom. The first kappa shape index (κ1) is 6.16. The van der Waals surface area contributed by atoms with Gasteiger partial charge in [-0.1, -0.05) is 18.2 Å². The molecule has 0 unspecified atom stereocenters. The van der Waals surface area contributed by atoms with E-state index in [1.807, 2.05) is 24.3 Å². The lowest BCUT2D eigenvalue weighted by molar-refractivity contribution is 0.558. The molecule has 0 aliphatic heterocycles. The van der Waals surface area contributed by atoms with Gasteiger partial charge in [0.25, 0.3) is 0 Å². The number of hydrogen-bond donors (Lipinski definition) is 0. The maximum atomic E-state index is 4.84. The Hall–Kier alpha value is -1.57. The van der Waals surface area contributed by atoms with Crippen LogP contribution in [0.1, 0.15) is 0 Å². The number of nitrogens with zero attached hydrogens (tertiary/aromatic N) is 1. The number of rotatable bonds is 1. The van der Waals surface area contributed by atoms with Gasteiger partial charge in [-0.3, -0.25) is 0 Å². The van der Waals surface area contributed by atoms with Crippen molar-refractivity contribution < 1.29 is 4.42 Å². The van der Waals surface area contributed by atoms with E-state index in [9.17, 15) is 0 Å². The zero-order valence-corrected chi connectivity index (χ0v) is 5.82. The van der Waals surface area contributed by atoms with Gasteiger partial charge in [-0.25, -0.2) is 4.98 Å². The van der Waals surface area contributed by atoms with Crippen molar-refractivity contribution in [3.05, 3.63) is 43.0 Å². The molecule has 2 nitrogen and oxygen atoms in total. The van der Waals surface area contributed by atoms with Crippen LogP contribution in [0.15, 0.2) is 41.3 Å². The standard InChI is InChI=1S/C9H6NO/c1-2-4-8(5-3-1)9-6-11-7-10-9/h1-2,4-7H. The maximum absolute atomic E-state index is 4.84. The van der Waals surface area contributed by atoms with Crippen molar-refractivity contribution in [2.45, 2.75) is 0 Å². The highest BCUT2D eigenvalue weighted by atomic mass is 16.3. The van der Waals surface area contributed by atoms with Crippen molar-refractivity contribution in [3.8, 4) is 11.3 Å². The first-order chi connectivity index (χ1) is 5.47.